The van der Waals surface area contributed by atoms with E-state index in [0.717, 1.165) is 15.8 Å². The predicted molar refractivity (Wildman–Crippen MR) is 86.0 cm³/mol. The van der Waals surface area contributed by atoms with Crippen molar-refractivity contribution in [1.82, 2.24) is 9.97 Å². The van der Waals surface area contributed by atoms with E-state index in [0.29, 0.717) is 16.4 Å². The monoisotopic (exact) mass is 308 g/mol. The molecule has 0 saturated carbocycles. The van der Waals surface area contributed by atoms with Gasteiger partial charge in [-0.3, -0.25) is 10.1 Å². The normalized spacial score (nSPS) is 10.4. The van der Waals surface area contributed by atoms with E-state index in [2.05, 4.69) is 15.3 Å². The lowest BCUT2D eigenvalue weighted by Gasteiger charge is -2.02. The topological polar surface area (TPSA) is 78.7 Å². The number of rotatable bonds is 2. The molecule has 22 heavy (non-hydrogen) atoms. The Balaban J connectivity index is 1.86. The maximum atomic E-state index is 12.2. The number of hydrogen-bond acceptors (Lipinski definition) is 5. The number of anilines is 1. The molecule has 5 nitrogen and oxygen atoms in total. The summed E-state index contributed by atoms with van der Waals surface area (Å²) in [4.78, 5) is 20.8. The Kier molecular flexibility index (Phi) is 3.57. The molecule has 0 fully saturated rings. The van der Waals surface area contributed by atoms with Gasteiger partial charge in [-0.1, -0.05) is 17.4 Å². The number of hydrogen-bond donors (Lipinski definition) is 1. The van der Waals surface area contributed by atoms with Crippen LogP contribution in [0.2, 0.25) is 0 Å². The molecule has 0 radical (unpaired) electrons. The van der Waals surface area contributed by atoms with Crippen molar-refractivity contribution in [3.8, 4) is 6.07 Å². The van der Waals surface area contributed by atoms with E-state index in [9.17, 15) is 4.79 Å². The highest BCUT2D eigenvalue weighted by Gasteiger charge is 2.12. The number of benzene rings is 1. The van der Waals surface area contributed by atoms with Gasteiger partial charge in [0.1, 0.15) is 11.8 Å². The van der Waals surface area contributed by atoms with Crippen molar-refractivity contribution in [2.45, 2.75) is 13.8 Å². The molecule has 1 amide bonds. The first-order valence-corrected chi connectivity index (χ1v) is 7.45. The van der Waals surface area contributed by atoms with Crippen molar-refractivity contribution in [2.24, 2.45) is 0 Å². The molecule has 0 bridgehead atoms. The molecule has 2 heterocycles. The first-order chi connectivity index (χ1) is 10.6. The number of carbonyl (C=O) groups is 1. The van der Waals surface area contributed by atoms with E-state index >= 15 is 0 Å². The summed E-state index contributed by atoms with van der Waals surface area (Å²) in [6, 6.07) is 11.1. The molecule has 3 aromatic rings. The molecule has 0 spiro atoms. The van der Waals surface area contributed by atoms with Crippen LogP contribution in [-0.4, -0.2) is 15.9 Å². The van der Waals surface area contributed by atoms with Gasteiger partial charge < -0.3 is 0 Å². The van der Waals surface area contributed by atoms with Crippen molar-refractivity contribution in [1.29, 1.82) is 5.26 Å². The molecule has 3 rings (SSSR count). The van der Waals surface area contributed by atoms with E-state index in [4.69, 9.17) is 5.26 Å². The van der Waals surface area contributed by atoms with Gasteiger partial charge in [-0.2, -0.15) is 5.26 Å². The van der Waals surface area contributed by atoms with Gasteiger partial charge >= 0.3 is 0 Å². The van der Waals surface area contributed by atoms with Crippen molar-refractivity contribution >= 4 is 32.6 Å². The molecule has 6 heteroatoms. The maximum Gasteiger partial charge on any atom is 0.276 e. The molecule has 2 aromatic heterocycles. The third-order valence-electron chi connectivity index (χ3n) is 3.20. The van der Waals surface area contributed by atoms with Crippen LogP contribution < -0.4 is 5.32 Å². The van der Waals surface area contributed by atoms with Crippen LogP contribution >= 0.6 is 11.3 Å². The van der Waals surface area contributed by atoms with Crippen molar-refractivity contribution in [3.63, 3.8) is 0 Å². The standard InChI is InChI=1S/C16H12N4OS/c1-9-3-5-12-14(7-9)22-16(19-12)20-15(21)13-6-4-11(8-17)10(2)18-13/h3-7H,1-2H3,(H,19,20,21). The smallest absolute Gasteiger partial charge is 0.276 e. The third-order valence-corrected chi connectivity index (χ3v) is 4.14. The van der Waals surface area contributed by atoms with E-state index in [1.165, 1.54) is 11.3 Å². The van der Waals surface area contributed by atoms with Gasteiger partial charge in [-0.05, 0) is 43.7 Å². The summed E-state index contributed by atoms with van der Waals surface area (Å²) in [5.74, 6) is -0.330. The highest BCUT2D eigenvalue weighted by atomic mass is 32.1. The number of fused-ring (bicyclic) bond motifs is 1. The first kappa shape index (κ1) is 14.2. The minimum atomic E-state index is -0.330. The third kappa shape index (κ3) is 2.67. The molecule has 1 aromatic carbocycles. The van der Waals surface area contributed by atoms with Gasteiger partial charge in [0.15, 0.2) is 5.13 Å². The van der Waals surface area contributed by atoms with Crippen molar-refractivity contribution < 1.29 is 4.79 Å². The molecule has 0 saturated heterocycles. The van der Waals surface area contributed by atoms with Gasteiger partial charge in [-0.25, -0.2) is 9.97 Å². The Morgan fingerprint density at radius 1 is 1.23 bits per heavy atom. The Labute approximate surface area is 131 Å². The van der Waals surface area contributed by atoms with Gasteiger partial charge in [0.05, 0.1) is 21.5 Å². The molecule has 0 atom stereocenters. The molecule has 0 aliphatic heterocycles. The highest BCUT2D eigenvalue weighted by Crippen LogP contribution is 2.26. The number of carbonyl (C=O) groups excluding carboxylic acids is 1. The Morgan fingerprint density at radius 2 is 2.05 bits per heavy atom. The summed E-state index contributed by atoms with van der Waals surface area (Å²) in [5, 5.41) is 12.2. The lowest BCUT2D eigenvalue weighted by atomic mass is 10.2. The number of aromatic nitrogens is 2. The predicted octanol–water partition coefficient (Wildman–Crippen LogP) is 3.43. The van der Waals surface area contributed by atoms with Crippen LogP contribution in [-0.2, 0) is 0 Å². The average Bonchev–Trinajstić information content (AvgIpc) is 2.88. The second kappa shape index (κ2) is 5.54. The fourth-order valence-electron chi connectivity index (χ4n) is 2.05. The van der Waals surface area contributed by atoms with Crippen LogP contribution in [0.4, 0.5) is 5.13 Å². The largest absolute Gasteiger partial charge is 0.296 e. The highest BCUT2D eigenvalue weighted by molar-refractivity contribution is 7.22. The van der Waals surface area contributed by atoms with Gasteiger partial charge in [-0.15, -0.1) is 0 Å². The second-order valence-electron chi connectivity index (χ2n) is 4.89. The molecule has 108 valence electrons. The summed E-state index contributed by atoms with van der Waals surface area (Å²) in [7, 11) is 0. The zero-order valence-electron chi connectivity index (χ0n) is 12.0. The second-order valence-corrected chi connectivity index (χ2v) is 5.92. The molecule has 1 N–H and O–H groups in total. The zero-order valence-corrected chi connectivity index (χ0v) is 12.9. The van der Waals surface area contributed by atoms with Crippen LogP contribution in [0.1, 0.15) is 27.3 Å². The lowest BCUT2D eigenvalue weighted by Crippen LogP contribution is -2.14. The summed E-state index contributed by atoms with van der Waals surface area (Å²) in [6.07, 6.45) is 0. The van der Waals surface area contributed by atoms with Crippen LogP contribution in [0.15, 0.2) is 30.3 Å². The van der Waals surface area contributed by atoms with Gasteiger partial charge in [0, 0.05) is 0 Å². The number of pyridine rings is 1. The Morgan fingerprint density at radius 3 is 2.77 bits per heavy atom. The Hall–Kier alpha value is -2.78. The molecule has 0 aliphatic rings. The molecular formula is C16H12N4OS. The lowest BCUT2D eigenvalue weighted by molar-refractivity contribution is 0.102. The number of amides is 1. The van der Waals surface area contributed by atoms with Crippen LogP contribution in [0.5, 0.6) is 0 Å². The number of nitrogens with zero attached hydrogens (tertiary/aromatic N) is 3. The SMILES string of the molecule is Cc1ccc2nc(NC(=O)c3ccc(C#N)c(C)n3)sc2c1. The molecule has 0 unspecified atom stereocenters. The van der Waals surface area contributed by atoms with E-state index in [-0.39, 0.29) is 11.6 Å². The molecule has 0 aliphatic carbocycles. The van der Waals surface area contributed by atoms with Crippen molar-refractivity contribution in [3.05, 3.63) is 52.8 Å². The van der Waals surface area contributed by atoms with E-state index in [1.54, 1.807) is 19.1 Å². The fraction of sp³-hybridized carbons (Fsp3) is 0.125. The number of nitriles is 1. The minimum Gasteiger partial charge on any atom is -0.296 e. The first-order valence-electron chi connectivity index (χ1n) is 6.63. The number of nitrogens with one attached hydrogen (secondary N) is 1. The summed E-state index contributed by atoms with van der Waals surface area (Å²) in [6.45, 7) is 3.72. The van der Waals surface area contributed by atoms with Gasteiger partial charge in [0.25, 0.3) is 5.91 Å². The summed E-state index contributed by atoms with van der Waals surface area (Å²) >= 11 is 1.42. The average molecular weight is 308 g/mol. The zero-order chi connectivity index (χ0) is 15.7. The summed E-state index contributed by atoms with van der Waals surface area (Å²) < 4.78 is 1.03. The van der Waals surface area contributed by atoms with Crippen LogP contribution in [0, 0.1) is 25.2 Å². The van der Waals surface area contributed by atoms with E-state index in [1.807, 2.05) is 31.2 Å². The quantitative estimate of drug-likeness (QED) is 0.786. The van der Waals surface area contributed by atoms with Crippen molar-refractivity contribution in [2.75, 3.05) is 5.32 Å². The minimum absolute atomic E-state index is 0.270. The van der Waals surface area contributed by atoms with Crippen LogP contribution in [0.3, 0.4) is 0 Å². The fourth-order valence-corrected chi connectivity index (χ4v) is 3.01. The summed E-state index contributed by atoms with van der Waals surface area (Å²) in [5.41, 5.74) is 3.28. The van der Waals surface area contributed by atoms with Gasteiger partial charge in [0.2, 0.25) is 0 Å². The van der Waals surface area contributed by atoms with E-state index < -0.39 is 0 Å². The maximum absolute atomic E-state index is 12.2. The number of aryl methyl sites for hydroxylation is 2. The van der Waals surface area contributed by atoms with Crippen LogP contribution in [0.25, 0.3) is 10.2 Å². The molecular weight excluding hydrogens is 296 g/mol. The number of thiazole rings is 1. The Bertz CT molecular complexity index is 924.